The molecule has 0 aromatic rings. The van der Waals surface area contributed by atoms with Crippen molar-refractivity contribution in [3.63, 3.8) is 0 Å². The quantitative estimate of drug-likeness (QED) is 0.610. The SMILES string of the molecule is COC(=O)[C@H](C)N.O=C(O)C(F)(F)F. The highest BCUT2D eigenvalue weighted by Gasteiger charge is 2.38. The number of carbonyl (C=O) groups excluding carboxylic acids is 1. The highest BCUT2D eigenvalue weighted by molar-refractivity contribution is 5.74. The average Bonchev–Trinajstić information content (AvgIpc) is 2.02. The highest BCUT2D eigenvalue weighted by atomic mass is 19.4. The molecule has 0 unspecified atom stereocenters. The number of ether oxygens (including phenoxy) is 1. The number of carboxylic acid groups (broad SMARTS) is 1. The van der Waals surface area contributed by atoms with Crippen molar-refractivity contribution in [2.45, 2.75) is 19.1 Å². The first-order valence-electron chi connectivity index (χ1n) is 3.26. The fraction of sp³-hybridized carbons (Fsp3) is 0.667. The Morgan fingerprint density at radius 3 is 1.71 bits per heavy atom. The predicted octanol–water partition coefficient (Wildman–Crippen LogP) is 0.140. The minimum Gasteiger partial charge on any atom is -0.475 e. The zero-order valence-corrected chi connectivity index (χ0v) is 7.46. The number of carboxylic acids is 1. The zero-order chi connectivity index (χ0) is 11.9. The number of rotatable bonds is 1. The second kappa shape index (κ2) is 6.19. The molecule has 0 rings (SSSR count). The molecule has 0 saturated carbocycles. The molecule has 3 N–H and O–H groups in total. The van der Waals surface area contributed by atoms with E-state index in [9.17, 15) is 18.0 Å². The summed E-state index contributed by atoms with van der Waals surface area (Å²) in [7, 11) is 1.31. The summed E-state index contributed by atoms with van der Waals surface area (Å²) in [5, 5.41) is 7.12. The van der Waals surface area contributed by atoms with Crippen molar-refractivity contribution >= 4 is 11.9 Å². The lowest BCUT2D eigenvalue weighted by atomic mass is 10.4. The van der Waals surface area contributed by atoms with E-state index < -0.39 is 18.2 Å². The maximum atomic E-state index is 10.6. The van der Waals surface area contributed by atoms with Gasteiger partial charge in [0.05, 0.1) is 7.11 Å². The fourth-order valence-corrected chi connectivity index (χ4v) is 0.186. The van der Waals surface area contributed by atoms with Crippen LogP contribution < -0.4 is 5.73 Å². The summed E-state index contributed by atoms with van der Waals surface area (Å²) in [6.45, 7) is 1.58. The van der Waals surface area contributed by atoms with Crippen LogP contribution in [-0.2, 0) is 14.3 Å². The molecule has 0 spiro atoms. The van der Waals surface area contributed by atoms with E-state index in [0.29, 0.717) is 0 Å². The first-order valence-corrected chi connectivity index (χ1v) is 3.26. The van der Waals surface area contributed by atoms with Crippen molar-refractivity contribution in [3.05, 3.63) is 0 Å². The summed E-state index contributed by atoms with van der Waals surface area (Å²) in [6.07, 6.45) is -5.08. The molecule has 0 aromatic carbocycles. The van der Waals surface area contributed by atoms with Crippen LogP contribution in [0.15, 0.2) is 0 Å². The largest absolute Gasteiger partial charge is 0.490 e. The Morgan fingerprint density at radius 1 is 1.43 bits per heavy atom. The van der Waals surface area contributed by atoms with Crippen molar-refractivity contribution in [2.75, 3.05) is 7.11 Å². The predicted molar refractivity (Wildman–Crippen MR) is 39.4 cm³/mol. The van der Waals surface area contributed by atoms with Crippen molar-refractivity contribution < 1.29 is 32.6 Å². The number of hydrogen-bond acceptors (Lipinski definition) is 4. The van der Waals surface area contributed by atoms with Gasteiger partial charge in [-0.3, -0.25) is 4.79 Å². The van der Waals surface area contributed by atoms with E-state index in [1.807, 2.05) is 0 Å². The monoisotopic (exact) mass is 217 g/mol. The molecule has 0 bridgehead atoms. The van der Waals surface area contributed by atoms with Gasteiger partial charge in [0, 0.05) is 0 Å². The van der Waals surface area contributed by atoms with Gasteiger partial charge in [-0.15, -0.1) is 0 Å². The third-order valence-corrected chi connectivity index (χ3v) is 0.815. The number of methoxy groups -OCH3 is 1. The summed E-state index contributed by atoms with van der Waals surface area (Å²) in [5.74, 6) is -3.13. The minimum absolute atomic E-state index is 0.375. The average molecular weight is 217 g/mol. The lowest BCUT2D eigenvalue weighted by molar-refractivity contribution is -0.192. The Kier molecular flexibility index (Phi) is 6.71. The summed E-state index contributed by atoms with van der Waals surface area (Å²) in [4.78, 5) is 19.1. The molecule has 0 aliphatic heterocycles. The number of esters is 1. The van der Waals surface area contributed by atoms with Crippen molar-refractivity contribution in [2.24, 2.45) is 5.73 Å². The lowest BCUT2D eigenvalue weighted by Crippen LogP contribution is -2.27. The van der Waals surface area contributed by atoms with Crippen molar-refractivity contribution in [3.8, 4) is 0 Å². The molecule has 0 aromatic heterocycles. The van der Waals surface area contributed by atoms with Crippen LogP contribution in [0.4, 0.5) is 13.2 Å². The van der Waals surface area contributed by atoms with Crippen LogP contribution >= 0.6 is 0 Å². The molecular weight excluding hydrogens is 207 g/mol. The summed E-state index contributed by atoms with van der Waals surface area (Å²) in [5.41, 5.74) is 5.07. The highest BCUT2D eigenvalue weighted by Crippen LogP contribution is 2.13. The molecule has 0 aliphatic rings. The Bertz CT molecular complexity index is 200. The lowest BCUT2D eigenvalue weighted by Gasteiger charge is -1.98. The number of hydrogen-bond donors (Lipinski definition) is 2. The molecule has 0 aliphatic carbocycles. The molecule has 84 valence electrons. The van der Waals surface area contributed by atoms with E-state index in [-0.39, 0.29) is 5.97 Å². The van der Waals surface area contributed by atoms with E-state index in [4.69, 9.17) is 15.6 Å². The number of nitrogens with two attached hydrogens (primary N) is 1. The van der Waals surface area contributed by atoms with E-state index in [1.165, 1.54) is 7.11 Å². The number of alkyl halides is 3. The summed E-state index contributed by atoms with van der Waals surface area (Å²) >= 11 is 0. The van der Waals surface area contributed by atoms with Crippen LogP contribution in [0.3, 0.4) is 0 Å². The van der Waals surface area contributed by atoms with Gasteiger partial charge >= 0.3 is 18.1 Å². The van der Waals surface area contributed by atoms with Gasteiger partial charge in [0.15, 0.2) is 0 Å². The first-order chi connectivity index (χ1) is 6.12. The maximum Gasteiger partial charge on any atom is 0.490 e. The van der Waals surface area contributed by atoms with Gasteiger partial charge in [0.1, 0.15) is 6.04 Å². The number of aliphatic carboxylic acids is 1. The molecule has 1 atom stereocenters. The molecule has 0 radical (unpaired) electrons. The van der Waals surface area contributed by atoms with Crippen molar-refractivity contribution in [1.29, 1.82) is 0 Å². The van der Waals surface area contributed by atoms with Crippen LogP contribution in [0.5, 0.6) is 0 Å². The Labute approximate surface area is 77.6 Å². The molecule has 5 nitrogen and oxygen atoms in total. The first kappa shape index (κ1) is 15.2. The topological polar surface area (TPSA) is 89.6 Å². The Balaban J connectivity index is 0. The zero-order valence-electron chi connectivity index (χ0n) is 7.46. The third-order valence-electron chi connectivity index (χ3n) is 0.815. The molecule has 0 amide bonds. The molecular formula is C6H10F3NO4. The van der Waals surface area contributed by atoms with Gasteiger partial charge in [-0.2, -0.15) is 13.2 Å². The van der Waals surface area contributed by atoms with Crippen LogP contribution in [-0.4, -0.2) is 36.4 Å². The smallest absolute Gasteiger partial charge is 0.475 e. The number of halogens is 3. The second-order valence-electron chi connectivity index (χ2n) is 2.11. The van der Waals surface area contributed by atoms with Gasteiger partial charge in [0.2, 0.25) is 0 Å². The summed E-state index contributed by atoms with van der Waals surface area (Å²) < 4.78 is 36.0. The fourth-order valence-electron chi connectivity index (χ4n) is 0.186. The minimum atomic E-state index is -5.08. The standard InChI is InChI=1S/C4H9NO2.C2HF3O2/c1-3(5)4(6)7-2;3-2(4,5)1(6)7/h3H,5H2,1-2H3;(H,6,7)/t3-;/m0./s1. The van der Waals surface area contributed by atoms with Gasteiger partial charge in [0.25, 0.3) is 0 Å². The third kappa shape index (κ3) is 8.78. The van der Waals surface area contributed by atoms with Gasteiger partial charge in [-0.05, 0) is 6.92 Å². The van der Waals surface area contributed by atoms with E-state index in [0.717, 1.165) is 0 Å². The number of carbonyl (C=O) groups is 2. The van der Waals surface area contributed by atoms with Crippen LogP contribution in [0.2, 0.25) is 0 Å². The van der Waals surface area contributed by atoms with Gasteiger partial charge < -0.3 is 15.6 Å². The van der Waals surface area contributed by atoms with Gasteiger partial charge in [-0.1, -0.05) is 0 Å². The maximum absolute atomic E-state index is 10.6. The Morgan fingerprint density at radius 2 is 1.71 bits per heavy atom. The molecule has 0 heterocycles. The molecule has 0 saturated heterocycles. The van der Waals surface area contributed by atoms with E-state index in [2.05, 4.69) is 4.74 Å². The summed E-state index contributed by atoms with van der Waals surface area (Å²) in [6, 6.07) is -0.495. The Hall–Kier alpha value is -1.31. The molecule has 14 heavy (non-hydrogen) atoms. The van der Waals surface area contributed by atoms with Gasteiger partial charge in [-0.25, -0.2) is 4.79 Å². The van der Waals surface area contributed by atoms with Crippen LogP contribution in [0.1, 0.15) is 6.92 Å². The van der Waals surface area contributed by atoms with Crippen LogP contribution in [0, 0.1) is 0 Å². The van der Waals surface area contributed by atoms with Crippen molar-refractivity contribution in [1.82, 2.24) is 0 Å². The van der Waals surface area contributed by atoms with Crippen LogP contribution in [0.25, 0.3) is 0 Å². The normalized spacial score (nSPS) is 12.1. The van der Waals surface area contributed by atoms with E-state index >= 15 is 0 Å². The second-order valence-corrected chi connectivity index (χ2v) is 2.11. The van der Waals surface area contributed by atoms with E-state index in [1.54, 1.807) is 6.92 Å². The molecule has 8 heteroatoms. The molecule has 0 fully saturated rings.